The Morgan fingerprint density at radius 2 is 2.20 bits per heavy atom. The van der Waals surface area contributed by atoms with E-state index < -0.39 is 0 Å². The van der Waals surface area contributed by atoms with E-state index in [2.05, 4.69) is 29.3 Å². The highest BCUT2D eigenvalue weighted by Gasteiger charge is 2.34. The van der Waals surface area contributed by atoms with E-state index in [1.807, 2.05) is 7.05 Å². The Balaban J connectivity index is 2.14. The summed E-state index contributed by atoms with van der Waals surface area (Å²) in [6, 6.07) is 0.788. The van der Waals surface area contributed by atoms with Gasteiger partial charge in [-0.25, -0.2) is 0 Å². The molecule has 0 aromatic rings. The van der Waals surface area contributed by atoms with Gasteiger partial charge in [0.05, 0.1) is 12.1 Å². The minimum atomic E-state index is 0.0314. The second-order valence-corrected chi connectivity index (χ2v) is 4.60. The van der Waals surface area contributed by atoms with Gasteiger partial charge in [0, 0.05) is 6.04 Å². The summed E-state index contributed by atoms with van der Waals surface area (Å²) in [4.78, 5) is 14.3. The Morgan fingerprint density at radius 3 is 2.73 bits per heavy atom. The fraction of sp³-hybridized carbons (Fsp3) is 0.750. The van der Waals surface area contributed by atoms with Crippen molar-refractivity contribution in [1.29, 1.82) is 0 Å². The van der Waals surface area contributed by atoms with Crippen molar-refractivity contribution in [2.75, 3.05) is 7.05 Å². The maximum Gasteiger partial charge on any atom is 0.240 e. The molecular formula is C12H20N2O. The normalized spacial score (nSPS) is 36.3. The molecule has 1 saturated heterocycles. The van der Waals surface area contributed by atoms with E-state index in [1.165, 1.54) is 0 Å². The highest BCUT2D eigenvalue weighted by atomic mass is 16.2. The average molecular weight is 208 g/mol. The van der Waals surface area contributed by atoms with Gasteiger partial charge in [0.15, 0.2) is 0 Å². The Bertz CT molecular complexity index is 275. The van der Waals surface area contributed by atoms with Gasteiger partial charge >= 0.3 is 0 Å². The fourth-order valence-corrected chi connectivity index (χ4v) is 2.50. The van der Waals surface area contributed by atoms with Crippen molar-refractivity contribution in [1.82, 2.24) is 10.2 Å². The highest BCUT2D eigenvalue weighted by molar-refractivity contribution is 5.83. The Kier molecular flexibility index (Phi) is 3.10. The van der Waals surface area contributed by atoms with Crippen LogP contribution in [0.3, 0.4) is 0 Å². The molecule has 1 aliphatic heterocycles. The maximum absolute atomic E-state index is 12.3. The molecule has 1 aliphatic carbocycles. The van der Waals surface area contributed by atoms with E-state index >= 15 is 0 Å². The molecule has 0 bridgehead atoms. The number of hydrogen-bond donors (Lipinski definition) is 1. The van der Waals surface area contributed by atoms with Crippen molar-refractivity contribution in [3.8, 4) is 0 Å². The quantitative estimate of drug-likeness (QED) is 0.694. The molecule has 0 spiro atoms. The van der Waals surface area contributed by atoms with E-state index in [0.29, 0.717) is 12.1 Å². The van der Waals surface area contributed by atoms with Crippen molar-refractivity contribution < 1.29 is 4.79 Å². The van der Waals surface area contributed by atoms with Crippen LogP contribution in [0, 0.1) is 0 Å². The lowest BCUT2D eigenvalue weighted by molar-refractivity contribution is -0.136. The first-order chi connectivity index (χ1) is 7.24. The molecule has 1 amide bonds. The SMILES string of the molecule is CNC1CCCC(C)N(C2C=CC2)C1=O. The van der Waals surface area contributed by atoms with Crippen LogP contribution in [0.15, 0.2) is 12.2 Å². The van der Waals surface area contributed by atoms with E-state index in [-0.39, 0.29) is 11.9 Å². The first kappa shape index (κ1) is 10.7. The van der Waals surface area contributed by atoms with Crippen molar-refractivity contribution in [3.05, 3.63) is 12.2 Å². The van der Waals surface area contributed by atoms with Crippen LogP contribution < -0.4 is 5.32 Å². The molecule has 84 valence electrons. The van der Waals surface area contributed by atoms with Gasteiger partial charge < -0.3 is 10.2 Å². The summed E-state index contributed by atoms with van der Waals surface area (Å²) in [5, 5.41) is 3.13. The van der Waals surface area contributed by atoms with Crippen molar-refractivity contribution in [2.24, 2.45) is 0 Å². The highest BCUT2D eigenvalue weighted by Crippen LogP contribution is 2.25. The van der Waals surface area contributed by atoms with E-state index in [9.17, 15) is 4.79 Å². The number of likely N-dealkylation sites (tertiary alicyclic amines) is 1. The van der Waals surface area contributed by atoms with Crippen molar-refractivity contribution >= 4 is 5.91 Å². The lowest BCUT2D eigenvalue weighted by atomic mass is 9.99. The lowest BCUT2D eigenvalue weighted by Crippen LogP contribution is -2.52. The average Bonchev–Trinajstić information content (AvgIpc) is 2.27. The zero-order chi connectivity index (χ0) is 10.8. The molecule has 3 unspecified atom stereocenters. The van der Waals surface area contributed by atoms with Crippen LogP contribution in [-0.2, 0) is 4.79 Å². The molecule has 3 heteroatoms. The number of nitrogens with one attached hydrogen (secondary N) is 1. The first-order valence-electron chi connectivity index (χ1n) is 5.90. The first-order valence-corrected chi connectivity index (χ1v) is 5.90. The molecule has 0 saturated carbocycles. The smallest absolute Gasteiger partial charge is 0.240 e. The predicted molar refractivity (Wildman–Crippen MR) is 60.6 cm³/mol. The van der Waals surface area contributed by atoms with Crippen LogP contribution in [0.2, 0.25) is 0 Å². The van der Waals surface area contributed by atoms with Gasteiger partial charge in [-0.15, -0.1) is 0 Å². The van der Waals surface area contributed by atoms with Gasteiger partial charge in [-0.2, -0.15) is 0 Å². The van der Waals surface area contributed by atoms with Crippen LogP contribution in [0.5, 0.6) is 0 Å². The summed E-state index contributed by atoms with van der Waals surface area (Å²) in [7, 11) is 1.88. The molecule has 2 rings (SSSR count). The molecule has 1 N–H and O–H groups in total. The summed E-state index contributed by atoms with van der Waals surface area (Å²) < 4.78 is 0. The molecule has 3 nitrogen and oxygen atoms in total. The van der Waals surface area contributed by atoms with Crippen LogP contribution >= 0.6 is 0 Å². The number of nitrogens with zero attached hydrogens (tertiary/aromatic N) is 1. The van der Waals surface area contributed by atoms with Gasteiger partial charge in [-0.05, 0) is 39.7 Å². The Morgan fingerprint density at radius 1 is 1.47 bits per heavy atom. The maximum atomic E-state index is 12.3. The zero-order valence-corrected chi connectivity index (χ0v) is 9.57. The number of hydrogen-bond acceptors (Lipinski definition) is 2. The molecule has 2 aliphatic rings. The van der Waals surface area contributed by atoms with Crippen LogP contribution in [0.4, 0.5) is 0 Å². The number of amides is 1. The number of rotatable bonds is 2. The van der Waals surface area contributed by atoms with Crippen LogP contribution in [0.1, 0.15) is 32.6 Å². The Labute approximate surface area is 91.5 Å². The molecule has 0 aromatic heterocycles. The van der Waals surface area contributed by atoms with Gasteiger partial charge in [-0.1, -0.05) is 12.2 Å². The number of carbonyl (C=O) groups excluding carboxylic acids is 1. The molecule has 15 heavy (non-hydrogen) atoms. The Hall–Kier alpha value is -0.830. The number of likely N-dealkylation sites (N-methyl/N-ethyl adjacent to an activating group) is 1. The third kappa shape index (κ3) is 1.93. The van der Waals surface area contributed by atoms with Crippen LogP contribution in [0.25, 0.3) is 0 Å². The lowest BCUT2D eigenvalue weighted by Gasteiger charge is -2.38. The van der Waals surface area contributed by atoms with Gasteiger partial charge in [0.1, 0.15) is 0 Å². The van der Waals surface area contributed by atoms with Crippen molar-refractivity contribution in [2.45, 2.75) is 50.7 Å². The van der Waals surface area contributed by atoms with E-state index in [1.54, 1.807) is 0 Å². The van der Waals surface area contributed by atoms with Gasteiger partial charge in [0.25, 0.3) is 0 Å². The summed E-state index contributed by atoms with van der Waals surface area (Å²) >= 11 is 0. The third-order valence-electron chi connectivity index (χ3n) is 3.58. The molecular weight excluding hydrogens is 188 g/mol. The second kappa shape index (κ2) is 4.35. The molecule has 0 aromatic carbocycles. The minimum absolute atomic E-state index is 0.0314. The van der Waals surface area contributed by atoms with E-state index in [0.717, 1.165) is 25.7 Å². The monoisotopic (exact) mass is 208 g/mol. The second-order valence-electron chi connectivity index (χ2n) is 4.60. The van der Waals surface area contributed by atoms with Gasteiger partial charge in [0.2, 0.25) is 5.91 Å². The zero-order valence-electron chi connectivity index (χ0n) is 9.57. The summed E-state index contributed by atoms with van der Waals surface area (Å²) in [6.45, 7) is 2.17. The topological polar surface area (TPSA) is 32.3 Å². The van der Waals surface area contributed by atoms with Crippen LogP contribution in [-0.4, -0.2) is 36.0 Å². The summed E-state index contributed by atoms with van der Waals surface area (Å²) in [5.41, 5.74) is 0. The molecule has 3 atom stereocenters. The molecule has 0 radical (unpaired) electrons. The largest absolute Gasteiger partial charge is 0.332 e. The predicted octanol–water partition coefficient (Wildman–Crippen LogP) is 1.30. The third-order valence-corrected chi connectivity index (χ3v) is 3.58. The fourth-order valence-electron chi connectivity index (χ4n) is 2.50. The van der Waals surface area contributed by atoms with E-state index in [4.69, 9.17) is 0 Å². The summed E-state index contributed by atoms with van der Waals surface area (Å²) in [5.74, 6) is 0.289. The molecule has 1 fully saturated rings. The molecule has 1 heterocycles. The van der Waals surface area contributed by atoms with Crippen molar-refractivity contribution in [3.63, 3.8) is 0 Å². The number of carbonyl (C=O) groups is 1. The van der Waals surface area contributed by atoms with Gasteiger partial charge in [-0.3, -0.25) is 4.79 Å². The summed E-state index contributed by atoms with van der Waals surface area (Å²) in [6.07, 6.45) is 8.58. The minimum Gasteiger partial charge on any atom is -0.332 e. The standard InChI is InChI=1S/C12H20N2O/c1-9-5-3-8-11(13-2)12(15)14(9)10-6-4-7-10/h4,6,9-11,13H,3,5,7-8H2,1-2H3.